The number of H-pyrrole nitrogens is 1. The Hall–Kier alpha value is -2.23. The lowest BCUT2D eigenvalue weighted by Gasteiger charge is -2.25. The standard InChI is InChI=1S/C12H8N2O3S2.C7H17NO5/c15-10-7-5-8(12(16)17)19-11(7)14-9(13-10)4-6-2-1-3-18-6;1-8-2-4(10)6(12)7(13)5(11)3-9/h1-3,5H,4H2,(H,16,17)(H,13,14,15);4-13H,2-3H2,1H3/t;4-,5+,6+,7+/m.0/s1. The van der Waals surface area contributed by atoms with Gasteiger partial charge in [0.1, 0.15) is 33.8 Å². The van der Waals surface area contributed by atoms with Crippen LogP contribution in [0, 0.1) is 0 Å². The number of aliphatic hydroxyl groups excluding tert-OH is 5. The number of aromatic carboxylic acids is 1. The number of hydrogen-bond donors (Lipinski definition) is 8. The Morgan fingerprint density at radius 3 is 2.47 bits per heavy atom. The number of aromatic nitrogens is 2. The second-order valence-corrected chi connectivity index (χ2v) is 8.82. The summed E-state index contributed by atoms with van der Waals surface area (Å²) in [5, 5.41) is 58.7. The summed E-state index contributed by atoms with van der Waals surface area (Å²) in [5.41, 5.74) is -0.291. The third-order valence-corrected chi connectivity index (χ3v) is 6.22. The number of carbonyl (C=O) groups is 1. The zero-order valence-corrected chi connectivity index (χ0v) is 18.6. The minimum Gasteiger partial charge on any atom is -0.477 e. The summed E-state index contributed by atoms with van der Waals surface area (Å²) in [7, 11) is 1.57. The number of carboxylic acid groups (broad SMARTS) is 1. The van der Waals surface area contributed by atoms with Gasteiger partial charge in [-0.2, -0.15) is 0 Å². The molecular formula is C19H25N3O8S2. The van der Waals surface area contributed by atoms with Crippen molar-refractivity contribution >= 4 is 38.9 Å². The van der Waals surface area contributed by atoms with Crippen LogP contribution in [0.1, 0.15) is 20.4 Å². The van der Waals surface area contributed by atoms with E-state index in [0.29, 0.717) is 22.5 Å². The van der Waals surface area contributed by atoms with Crippen LogP contribution in [0.25, 0.3) is 10.2 Å². The van der Waals surface area contributed by atoms with Crippen molar-refractivity contribution in [1.82, 2.24) is 15.3 Å². The zero-order valence-electron chi connectivity index (χ0n) is 17.0. The van der Waals surface area contributed by atoms with E-state index >= 15 is 0 Å². The summed E-state index contributed by atoms with van der Waals surface area (Å²) < 4.78 is 0. The molecule has 0 aliphatic heterocycles. The van der Waals surface area contributed by atoms with Crippen molar-refractivity contribution in [3.63, 3.8) is 0 Å². The van der Waals surface area contributed by atoms with E-state index in [0.717, 1.165) is 16.2 Å². The lowest BCUT2D eigenvalue weighted by Crippen LogP contribution is -2.48. The van der Waals surface area contributed by atoms with Gasteiger partial charge in [0.25, 0.3) is 5.56 Å². The first-order valence-corrected chi connectivity index (χ1v) is 11.1. The number of hydrogen-bond acceptors (Lipinski definition) is 11. The molecule has 176 valence electrons. The molecule has 0 saturated heterocycles. The number of fused-ring (bicyclic) bond motifs is 1. The van der Waals surface area contributed by atoms with Gasteiger partial charge in [-0.05, 0) is 24.6 Å². The molecule has 0 spiro atoms. The zero-order chi connectivity index (χ0) is 23.8. The van der Waals surface area contributed by atoms with Crippen LogP contribution in [0.4, 0.5) is 0 Å². The fourth-order valence-electron chi connectivity index (χ4n) is 2.64. The van der Waals surface area contributed by atoms with Gasteiger partial charge >= 0.3 is 5.97 Å². The van der Waals surface area contributed by atoms with E-state index < -0.39 is 37.0 Å². The first-order chi connectivity index (χ1) is 15.2. The molecule has 0 unspecified atom stereocenters. The molecule has 13 heteroatoms. The van der Waals surface area contributed by atoms with Crippen molar-refractivity contribution < 1.29 is 35.4 Å². The lowest BCUT2D eigenvalue weighted by atomic mass is 10.0. The fourth-order valence-corrected chi connectivity index (χ4v) is 4.24. The molecule has 0 bridgehead atoms. The molecule has 0 radical (unpaired) electrons. The number of rotatable bonds is 9. The van der Waals surface area contributed by atoms with Gasteiger partial charge in [0.15, 0.2) is 0 Å². The molecule has 0 saturated carbocycles. The van der Waals surface area contributed by atoms with Crippen LogP contribution in [0.15, 0.2) is 28.4 Å². The number of likely N-dealkylation sites (N-methyl/N-ethyl adjacent to an activating group) is 1. The van der Waals surface area contributed by atoms with Gasteiger partial charge in [0.05, 0.1) is 18.1 Å². The maximum atomic E-state index is 11.9. The van der Waals surface area contributed by atoms with E-state index in [1.807, 2.05) is 17.5 Å². The molecule has 3 rings (SSSR count). The fraction of sp³-hybridized carbons (Fsp3) is 0.421. The second-order valence-electron chi connectivity index (χ2n) is 6.76. The number of thiophene rings is 2. The first kappa shape index (κ1) is 26.0. The third kappa shape index (κ3) is 6.88. The van der Waals surface area contributed by atoms with Gasteiger partial charge in [-0.15, -0.1) is 22.7 Å². The number of carboxylic acids is 1. The Balaban J connectivity index is 0.000000247. The highest BCUT2D eigenvalue weighted by Crippen LogP contribution is 2.22. The molecule has 3 heterocycles. The molecule has 4 atom stereocenters. The van der Waals surface area contributed by atoms with E-state index in [1.54, 1.807) is 18.4 Å². The predicted molar refractivity (Wildman–Crippen MR) is 119 cm³/mol. The third-order valence-electron chi connectivity index (χ3n) is 4.32. The molecule has 3 aromatic heterocycles. The van der Waals surface area contributed by atoms with Crippen LogP contribution in [0.2, 0.25) is 0 Å². The second kappa shape index (κ2) is 12.1. The van der Waals surface area contributed by atoms with Crippen LogP contribution < -0.4 is 10.9 Å². The molecule has 11 nitrogen and oxygen atoms in total. The predicted octanol–water partition coefficient (Wildman–Crippen LogP) is -1.02. The number of nitrogens with zero attached hydrogens (tertiary/aromatic N) is 1. The molecule has 0 aliphatic rings. The largest absolute Gasteiger partial charge is 0.477 e. The highest BCUT2D eigenvalue weighted by atomic mass is 32.1. The van der Waals surface area contributed by atoms with Crippen molar-refractivity contribution in [3.8, 4) is 0 Å². The molecule has 32 heavy (non-hydrogen) atoms. The van der Waals surface area contributed by atoms with E-state index in [9.17, 15) is 14.7 Å². The quantitative estimate of drug-likeness (QED) is 0.185. The van der Waals surface area contributed by atoms with Crippen LogP contribution >= 0.6 is 22.7 Å². The highest BCUT2D eigenvalue weighted by Gasteiger charge is 2.29. The normalized spacial score (nSPS) is 14.9. The van der Waals surface area contributed by atoms with Gasteiger partial charge in [-0.25, -0.2) is 9.78 Å². The lowest BCUT2D eigenvalue weighted by molar-refractivity contribution is -0.113. The minimum absolute atomic E-state index is 0.0936. The average molecular weight is 488 g/mol. The van der Waals surface area contributed by atoms with Crippen molar-refractivity contribution in [2.24, 2.45) is 0 Å². The number of aromatic amines is 1. The summed E-state index contributed by atoms with van der Waals surface area (Å²) in [5.74, 6) is -0.485. The first-order valence-electron chi connectivity index (χ1n) is 9.44. The van der Waals surface area contributed by atoms with Gasteiger partial charge in [-0.1, -0.05) is 6.07 Å². The Labute approximate surface area is 190 Å². The average Bonchev–Trinajstić information content (AvgIpc) is 3.43. The Kier molecular flexibility index (Phi) is 9.86. The minimum atomic E-state index is -1.55. The Morgan fingerprint density at radius 2 is 1.91 bits per heavy atom. The molecule has 0 aliphatic carbocycles. The molecule has 3 aromatic rings. The van der Waals surface area contributed by atoms with Crippen molar-refractivity contribution in [2.75, 3.05) is 20.2 Å². The van der Waals surface area contributed by atoms with Crippen molar-refractivity contribution in [1.29, 1.82) is 0 Å². The molecule has 0 fully saturated rings. The van der Waals surface area contributed by atoms with E-state index in [4.69, 9.17) is 25.5 Å². The Morgan fingerprint density at radius 1 is 1.22 bits per heavy atom. The van der Waals surface area contributed by atoms with Crippen LogP contribution in [-0.4, -0.2) is 91.2 Å². The summed E-state index contributed by atoms with van der Waals surface area (Å²) in [6, 6.07) is 5.26. The number of aliphatic hydroxyl groups is 5. The van der Waals surface area contributed by atoms with Gasteiger partial charge in [-0.3, -0.25) is 4.79 Å². The van der Waals surface area contributed by atoms with Crippen molar-refractivity contribution in [2.45, 2.75) is 30.8 Å². The maximum absolute atomic E-state index is 11.9. The molecule has 0 amide bonds. The molecule has 0 aromatic carbocycles. The summed E-state index contributed by atoms with van der Waals surface area (Å²) in [6.45, 7) is -0.569. The van der Waals surface area contributed by atoms with E-state index in [-0.39, 0.29) is 17.0 Å². The highest BCUT2D eigenvalue weighted by molar-refractivity contribution is 7.20. The van der Waals surface area contributed by atoms with Crippen molar-refractivity contribution in [3.05, 3.63) is 49.5 Å². The van der Waals surface area contributed by atoms with Crippen LogP contribution in [0.3, 0.4) is 0 Å². The topological polar surface area (TPSA) is 196 Å². The van der Waals surface area contributed by atoms with E-state index in [1.165, 1.54) is 6.07 Å². The SMILES string of the molecule is CNC[C@H](O)[C@@H](O)[C@H](O)[C@H](O)CO.O=C(O)c1cc2c(=O)[nH]c(Cc3cccs3)nc2s1. The van der Waals surface area contributed by atoms with Crippen LogP contribution in [-0.2, 0) is 6.42 Å². The summed E-state index contributed by atoms with van der Waals surface area (Å²) in [6.07, 6.45) is -5.10. The molecular weight excluding hydrogens is 462 g/mol. The maximum Gasteiger partial charge on any atom is 0.345 e. The smallest absolute Gasteiger partial charge is 0.345 e. The van der Waals surface area contributed by atoms with Gasteiger partial charge < -0.3 is 40.9 Å². The summed E-state index contributed by atoms with van der Waals surface area (Å²) in [4.78, 5) is 31.5. The monoisotopic (exact) mass is 487 g/mol. The summed E-state index contributed by atoms with van der Waals surface area (Å²) >= 11 is 2.61. The number of nitrogens with one attached hydrogen (secondary N) is 2. The van der Waals surface area contributed by atoms with Crippen LogP contribution in [0.5, 0.6) is 0 Å². The van der Waals surface area contributed by atoms with E-state index in [2.05, 4.69) is 15.3 Å². The van der Waals surface area contributed by atoms with Gasteiger partial charge in [0, 0.05) is 17.8 Å². The Bertz CT molecular complexity index is 1050. The van der Waals surface area contributed by atoms with Gasteiger partial charge in [0.2, 0.25) is 0 Å². The molecule has 8 N–H and O–H groups in total.